The zero-order valence-corrected chi connectivity index (χ0v) is 16.2. The molecule has 3 heterocycles. The van der Waals surface area contributed by atoms with Gasteiger partial charge >= 0.3 is 6.03 Å². The van der Waals surface area contributed by atoms with Crippen LogP contribution < -0.4 is 5.32 Å². The first-order chi connectivity index (χ1) is 12.5. The maximum Gasteiger partial charge on any atom is 0.317 e. The molecule has 3 aliphatic rings. The molecule has 1 N–H and O–H groups in total. The molecule has 1 atom stereocenters. The number of hydrogen-bond donors (Lipinski definition) is 1. The van der Waals surface area contributed by atoms with Gasteiger partial charge in [-0.15, -0.1) is 0 Å². The molecule has 7 heteroatoms. The third-order valence-electron chi connectivity index (χ3n) is 6.07. The molecule has 1 spiro atoms. The van der Waals surface area contributed by atoms with E-state index in [2.05, 4.69) is 12.2 Å². The highest BCUT2D eigenvalue weighted by Gasteiger charge is 2.42. The fraction of sp³-hybridized carbons (Fsp3) is 0.895. The van der Waals surface area contributed by atoms with Crippen LogP contribution in [0.5, 0.6) is 0 Å². The third kappa shape index (κ3) is 4.49. The summed E-state index contributed by atoms with van der Waals surface area (Å²) in [7, 11) is 0. The number of nitrogens with zero attached hydrogens (tertiary/aromatic N) is 2. The average molecular weight is 367 g/mol. The molecule has 148 valence electrons. The topological polar surface area (TPSA) is 71.1 Å². The molecule has 0 aliphatic carbocycles. The van der Waals surface area contributed by atoms with Crippen LogP contribution in [0.3, 0.4) is 0 Å². The summed E-state index contributed by atoms with van der Waals surface area (Å²) in [5.41, 5.74) is -0.294. The van der Waals surface area contributed by atoms with E-state index in [-0.39, 0.29) is 29.5 Å². The Balaban J connectivity index is 1.52. The Morgan fingerprint density at radius 2 is 1.81 bits per heavy atom. The van der Waals surface area contributed by atoms with Gasteiger partial charge in [0.1, 0.15) is 0 Å². The van der Waals surface area contributed by atoms with Gasteiger partial charge in [-0.3, -0.25) is 4.79 Å². The molecule has 0 aromatic rings. The van der Waals surface area contributed by atoms with Gasteiger partial charge in [0.15, 0.2) is 0 Å². The first kappa shape index (κ1) is 19.4. The largest absolute Gasteiger partial charge is 0.381 e. The highest BCUT2D eigenvalue weighted by molar-refractivity contribution is 5.79. The van der Waals surface area contributed by atoms with Crippen molar-refractivity contribution in [1.82, 2.24) is 15.1 Å². The van der Waals surface area contributed by atoms with Crippen molar-refractivity contribution < 1.29 is 19.1 Å². The summed E-state index contributed by atoms with van der Waals surface area (Å²) in [6.45, 7) is 8.74. The minimum atomic E-state index is -0.294. The molecule has 3 rings (SSSR count). The van der Waals surface area contributed by atoms with Crippen molar-refractivity contribution in [3.63, 3.8) is 0 Å². The van der Waals surface area contributed by atoms with Gasteiger partial charge < -0.3 is 24.6 Å². The first-order valence-electron chi connectivity index (χ1n) is 10.1. The second-order valence-corrected chi connectivity index (χ2v) is 7.92. The summed E-state index contributed by atoms with van der Waals surface area (Å²) in [6.07, 6.45) is 4.19. The highest BCUT2D eigenvalue weighted by atomic mass is 16.5. The van der Waals surface area contributed by atoms with E-state index in [0.29, 0.717) is 32.9 Å². The lowest BCUT2D eigenvalue weighted by atomic mass is 9.88. The molecule has 0 bridgehead atoms. The second-order valence-electron chi connectivity index (χ2n) is 7.92. The lowest BCUT2D eigenvalue weighted by Gasteiger charge is -2.47. The zero-order valence-electron chi connectivity index (χ0n) is 16.2. The van der Waals surface area contributed by atoms with Gasteiger partial charge in [0, 0.05) is 44.8 Å². The van der Waals surface area contributed by atoms with Crippen LogP contribution in [0.15, 0.2) is 0 Å². The van der Waals surface area contributed by atoms with Gasteiger partial charge in [-0.2, -0.15) is 0 Å². The van der Waals surface area contributed by atoms with E-state index in [4.69, 9.17) is 9.47 Å². The van der Waals surface area contributed by atoms with Crippen molar-refractivity contribution >= 4 is 11.9 Å². The predicted molar refractivity (Wildman–Crippen MR) is 97.9 cm³/mol. The summed E-state index contributed by atoms with van der Waals surface area (Å²) < 4.78 is 11.5. The number of rotatable bonds is 3. The van der Waals surface area contributed by atoms with E-state index in [0.717, 1.165) is 45.2 Å². The lowest BCUT2D eigenvalue weighted by Crippen LogP contribution is -2.60. The van der Waals surface area contributed by atoms with Gasteiger partial charge in [0.25, 0.3) is 0 Å². The number of ether oxygens (including phenoxy) is 2. The number of piperidine rings is 1. The van der Waals surface area contributed by atoms with E-state index in [1.807, 2.05) is 16.7 Å². The molecule has 3 amide bonds. The van der Waals surface area contributed by atoms with Crippen LogP contribution in [-0.4, -0.2) is 79.4 Å². The van der Waals surface area contributed by atoms with Crippen molar-refractivity contribution in [2.45, 2.75) is 57.6 Å². The Labute approximate surface area is 156 Å². The van der Waals surface area contributed by atoms with Crippen LogP contribution in [0.25, 0.3) is 0 Å². The van der Waals surface area contributed by atoms with Crippen LogP contribution in [0, 0.1) is 5.92 Å². The standard InChI is InChI=1S/C19H33N3O4/c1-3-15(2)20-18(24)22-10-13-26-19(14-22)6-8-21(9-7-19)17(23)16-4-11-25-12-5-16/h15-16H,3-14H2,1-2H3,(H,20,24). The van der Waals surface area contributed by atoms with Gasteiger partial charge in [0.2, 0.25) is 5.91 Å². The monoisotopic (exact) mass is 367 g/mol. The van der Waals surface area contributed by atoms with Crippen LogP contribution in [0.1, 0.15) is 46.0 Å². The Morgan fingerprint density at radius 1 is 1.12 bits per heavy atom. The van der Waals surface area contributed by atoms with E-state index in [1.165, 1.54) is 0 Å². The number of amides is 3. The number of carbonyl (C=O) groups excluding carboxylic acids is 2. The molecule has 3 saturated heterocycles. The SMILES string of the molecule is CCC(C)NC(=O)N1CCOC2(CCN(C(=O)C3CCOCC3)CC2)C1. The minimum absolute atomic E-state index is 0.00253. The van der Waals surface area contributed by atoms with E-state index in [9.17, 15) is 9.59 Å². The second kappa shape index (κ2) is 8.57. The summed E-state index contributed by atoms with van der Waals surface area (Å²) in [6, 6.07) is 0.183. The number of urea groups is 1. The maximum absolute atomic E-state index is 12.7. The first-order valence-corrected chi connectivity index (χ1v) is 10.1. The Morgan fingerprint density at radius 3 is 2.46 bits per heavy atom. The molecule has 26 heavy (non-hydrogen) atoms. The van der Waals surface area contributed by atoms with Gasteiger partial charge in [-0.05, 0) is 39.0 Å². The van der Waals surface area contributed by atoms with Crippen LogP contribution >= 0.6 is 0 Å². The Kier molecular flexibility index (Phi) is 6.40. The lowest BCUT2D eigenvalue weighted by molar-refractivity contribution is -0.152. The van der Waals surface area contributed by atoms with Crippen molar-refractivity contribution in [2.24, 2.45) is 5.92 Å². The van der Waals surface area contributed by atoms with Gasteiger partial charge in [-0.1, -0.05) is 6.92 Å². The molecule has 1 unspecified atom stereocenters. The van der Waals surface area contributed by atoms with Crippen LogP contribution in [-0.2, 0) is 14.3 Å². The fourth-order valence-electron chi connectivity index (χ4n) is 4.06. The normalized spacial score (nSPS) is 25.2. The number of nitrogens with one attached hydrogen (secondary N) is 1. The Bertz CT molecular complexity index is 499. The minimum Gasteiger partial charge on any atom is -0.381 e. The Hall–Kier alpha value is -1.34. The molecule has 0 aromatic heterocycles. The number of carbonyl (C=O) groups is 2. The molecule has 3 aliphatic heterocycles. The molecular weight excluding hydrogens is 334 g/mol. The highest BCUT2D eigenvalue weighted by Crippen LogP contribution is 2.31. The third-order valence-corrected chi connectivity index (χ3v) is 6.07. The van der Waals surface area contributed by atoms with Crippen molar-refractivity contribution in [2.75, 3.05) is 46.0 Å². The van der Waals surface area contributed by atoms with Crippen molar-refractivity contribution in [3.05, 3.63) is 0 Å². The zero-order chi connectivity index (χ0) is 18.6. The fourth-order valence-corrected chi connectivity index (χ4v) is 4.06. The van der Waals surface area contributed by atoms with E-state index < -0.39 is 0 Å². The maximum atomic E-state index is 12.7. The van der Waals surface area contributed by atoms with Crippen LogP contribution in [0.2, 0.25) is 0 Å². The molecule has 3 fully saturated rings. The van der Waals surface area contributed by atoms with Gasteiger partial charge in [0.05, 0.1) is 18.8 Å². The summed E-state index contributed by atoms with van der Waals surface area (Å²) in [5, 5.41) is 3.05. The van der Waals surface area contributed by atoms with E-state index in [1.54, 1.807) is 0 Å². The number of morpholine rings is 1. The van der Waals surface area contributed by atoms with Crippen LogP contribution in [0.4, 0.5) is 4.79 Å². The summed E-state index contributed by atoms with van der Waals surface area (Å²) >= 11 is 0. The van der Waals surface area contributed by atoms with Gasteiger partial charge in [-0.25, -0.2) is 4.79 Å². The quantitative estimate of drug-likeness (QED) is 0.823. The average Bonchev–Trinajstić information content (AvgIpc) is 2.68. The molecule has 0 saturated carbocycles. The number of likely N-dealkylation sites (tertiary alicyclic amines) is 1. The summed E-state index contributed by atoms with van der Waals surface area (Å²) in [4.78, 5) is 29.0. The molecule has 0 aromatic carbocycles. The van der Waals surface area contributed by atoms with Crippen molar-refractivity contribution in [1.29, 1.82) is 0 Å². The summed E-state index contributed by atoms with van der Waals surface area (Å²) in [5.74, 6) is 0.383. The molecular formula is C19H33N3O4. The van der Waals surface area contributed by atoms with E-state index >= 15 is 0 Å². The molecule has 0 radical (unpaired) electrons. The van der Waals surface area contributed by atoms with Crippen molar-refractivity contribution in [3.8, 4) is 0 Å². The predicted octanol–water partition coefficient (Wildman–Crippen LogP) is 1.61. The molecule has 7 nitrogen and oxygen atoms in total. The number of hydrogen-bond acceptors (Lipinski definition) is 4. The smallest absolute Gasteiger partial charge is 0.317 e.